The minimum atomic E-state index is 0.207. The first-order chi connectivity index (χ1) is 10.7. The van der Waals surface area contributed by atoms with Gasteiger partial charge in [-0.25, -0.2) is 0 Å². The lowest BCUT2D eigenvalue weighted by Gasteiger charge is -2.24. The number of amides is 1. The van der Waals surface area contributed by atoms with Crippen LogP contribution in [0.4, 0.5) is 5.69 Å². The molecule has 1 amide bonds. The highest BCUT2D eigenvalue weighted by atomic mass is 16.2. The molecule has 2 aromatic heterocycles. The number of hydrogen-bond donors (Lipinski definition) is 0. The monoisotopic (exact) mass is 297 g/mol. The highest BCUT2D eigenvalue weighted by Crippen LogP contribution is 2.36. The molecule has 4 rings (SSSR count). The molecule has 2 saturated heterocycles. The van der Waals surface area contributed by atoms with E-state index in [1.54, 1.807) is 17.1 Å². The second kappa shape index (κ2) is 5.21. The number of aryl methyl sites for hydroxylation is 1. The molecule has 2 fully saturated rings. The van der Waals surface area contributed by atoms with Gasteiger partial charge < -0.3 is 4.90 Å². The zero-order valence-corrected chi connectivity index (χ0v) is 12.6. The zero-order chi connectivity index (χ0) is 15.1. The Hall–Kier alpha value is -2.21. The second-order valence-corrected chi connectivity index (χ2v) is 6.10. The molecule has 0 N–H and O–H groups in total. The van der Waals surface area contributed by atoms with E-state index in [-0.39, 0.29) is 11.9 Å². The van der Waals surface area contributed by atoms with E-state index in [1.165, 1.54) is 5.56 Å². The minimum Gasteiger partial charge on any atom is -0.305 e. The Balaban J connectivity index is 1.54. The van der Waals surface area contributed by atoms with Gasteiger partial charge in [0.25, 0.3) is 0 Å². The number of carbonyl (C=O) groups excluding carboxylic acids is 1. The molecule has 22 heavy (non-hydrogen) atoms. The van der Waals surface area contributed by atoms with Crippen LogP contribution in [0.2, 0.25) is 0 Å². The molecule has 0 spiro atoms. The van der Waals surface area contributed by atoms with E-state index in [0.717, 1.165) is 25.2 Å². The number of carbonyl (C=O) groups is 1. The van der Waals surface area contributed by atoms with Crippen molar-refractivity contribution in [1.82, 2.24) is 19.7 Å². The van der Waals surface area contributed by atoms with Crippen molar-refractivity contribution in [2.75, 3.05) is 11.4 Å². The number of fused-ring (bicyclic) bond motifs is 1. The maximum absolute atomic E-state index is 12.4. The number of likely N-dealkylation sites (tertiary alicyclic amines) is 1. The third-order valence-electron chi connectivity index (χ3n) is 4.69. The third kappa shape index (κ3) is 2.20. The van der Waals surface area contributed by atoms with Crippen LogP contribution in [0, 0.1) is 0 Å². The normalized spacial score (nSPS) is 25.0. The van der Waals surface area contributed by atoms with E-state index in [2.05, 4.69) is 21.0 Å². The van der Waals surface area contributed by atoms with Crippen LogP contribution < -0.4 is 4.90 Å². The van der Waals surface area contributed by atoms with E-state index >= 15 is 0 Å². The van der Waals surface area contributed by atoms with Crippen molar-refractivity contribution in [1.29, 1.82) is 0 Å². The van der Waals surface area contributed by atoms with E-state index < -0.39 is 0 Å². The molecule has 114 valence electrons. The lowest BCUT2D eigenvalue weighted by atomic mass is 10.1. The summed E-state index contributed by atoms with van der Waals surface area (Å²) in [6.07, 6.45) is 9.02. The molecule has 0 saturated carbocycles. The van der Waals surface area contributed by atoms with Gasteiger partial charge in [-0.1, -0.05) is 6.07 Å². The van der Waals surface area contributed by atoms with Gasteiger partial charge in [0.05, 0.1) is 17.9 Å². The van der Waals surface area contributed by atoms with Crippen LogP contribution in [0.5, 0.6) is 0 Å². The van der Waals surface area contributed by atoms with Crippen LogP contribution in [-0.4, -0.2) is 44.2 Å². The Morgan fingerprint density at radius 2 is 2.23 bits per heavy atom. The summed E-state index contributed by atoms with van der Waals surface area (Å²) < 4.78 is 1.75. The topological polar surface area (TPSA) is 54.3 Å². The van der Waals surface area contributed by atoms with Crippen LogP contribution in [0.15, 0.2) is 36.9 Å². The zero-order valence-electron chi connectivity index (χ0n) is 12.6. The summed E-state index contributed by atoms with van der Waals surface area (Å²) in [5.74, 6) is 0.207. The number of nitrogens with zero attached hydrogens (tertiary/aromatic N) is 5. The highest BCUT2D eigenvalue weighted by molar-refractivity contribution is 5.97. The average Bonchev–Trinajstić information content (AvgIpc) is 3.17. The maximum Gasteiger partial charge on any atom is 0.229 e. The van der Waals surface area contributed by atoms with Crippen LogP contribution in [-0.2, 0) is 18.4 Å². The maximum atomic E-state index is 12.4. The van der Waals surface area contributed by atoms with Crippen LogP contribution >= 0.6 is 0 Å². The van der Waals surface area contributed by atoms with Gasteiger partial charge in [0.2, 0.25) is 5.91 Å². The van der Waals surface area contributed by atoms with E-state index in [0.29, 0.717) is 12.5 Å². The molecule has 0 radical (unpaired) electrons. The first-order valence-electron chi connectivity index (χ1n) is 7.66. The lowest BCUT2D eigenvalue weighted by molar-refractivity contribution is -0.117. The summed E-state index contributed by atoms with van der Waals surface area (Å²) in [4.78, 5) is 21.0. The van der Waals surface area contributed by atoms with Crippen molar-refractivity contribution in [2.45, 2.75) is 31.5 Å². The van der Waals surface area contributed by atoms with E-state index in [4.69, 9.17) is 0 Å². The minimum absolute atomic E-state index is 0.207. The number of aromatic nitrogens is 3. The lowest BCUT2D eigenvalue weighted by Crippen LogP contribution is -2.37. The molecule has 2 atom stereocenters. The molecule has 2 aliphatic heterocycles. The number of anilines is 1. The summed E-state index contributed by atoms with van der Waals surface area (Å²) in [7, 11) is 1.88. The molecule has 0 aliphatic carbocycles. The van der Waals surface area contributed by atoms with Gasteiger partial charge in [0.1, 0.15) is 0 Å². The summed E-state index contributed by atoms with van der Waals surface area (Å²) in [5.41, 5.74) is 2.12. The van der Waals surface area contributed by atoms with Crippen molar-refractivity contribution in [3.8, 4) is 0 Å². The summed E-state index contributed by atoms with van der Waals surface area (Å²) in [5, 5.41) is 4.20. The van der Waals surface area contributed by atoms with Crippen LogP contribution in [0.3, 0.4) is 0 Å². The molecule has 0 aromatic carbocycles. The van der Waals surface area contributed by atoms with Crippen molar-refractivity contribution in [3.63, 3.8) is 0 Å². The van der Waals surface area contributed by atoms with Crippen LogP contribution in [0.1, 0.15) is 18.4 Å². The number of hydrogen-bond acceptors (Lipinski definition) is 4. The molecule has 2 aromatic rings. The molecule has 6 heteroatoms. The molecule has 0 bridgehead atoms. The Bertz CT molecular complexity index is 683. The number of pyridine rings is 1. The Morgan fingerprint density at radius 1 is 1.32 bits per heavy atom. The summed E-state index contributed by atoms with van der Waals surface area (Å²) >= 11 is 0. The van der Waals surface area contributed by atoms with Crippen molar-refractivity contribution >= 4 is 11.6 Å². The van der Waals surface area contributed by atoms with Crippen LogP contribution in [0.25, 0.3) is 0 Å². The summed E-state index contributed by atoms with van der Waals surface area (Å²) in [6, 6.07) is 4.63. The Morgan fingerprint density at radius 3 is 2.95 bits per heavy atom. The van der Waals surface area contributed by atoms with Gasteiger partial charge >= 0.3 is 0 Å². The largest absolute Gasteiger partial charge is 0.305 e. The smallest absolute Gasteiger partial charge is 0.229 e. The molecule has 0 unspecified atom stereocenters. The first-order valence-corrected chi connectivity index (χ1v) is 7.66. The van der Waals surface area contributed by atoms with Crippen molar-refractivity contribution in [3.05, 3.63) is 42.5 Å². The van der Waals surface area contributed by atoms with Gasteiger partial charge in [0, 0.05) is 51.2 Å². The molecular formula is C16H19N5O. The SMILES string of the molecule is Cn1cc(N2C(=O)C[C@H]3[C@H]2CCN3Cc2cccnc2)cn1. The standard InChI is InChI=1S/C16H19N5O/c1-19-11-13(9-18-19)21-14-4-6-20(15(14)7-16(21)22)10-12-3-2-5-17-8-12/h2-3,5,8-9,11,14-15H,4,6-7,10H2,1H3/t14-,15+/m1/s1. The van der Waals surface area contributed by atoms with Gasteiger partial charge in [0.15, 0.2) is 0 Å². The molecule has 6 nitrogen and oxygen atoms in total. The average molecular weight is 297 g/mol. The van der Waals surface area contributed by atoms with E-state index in [1.807, 2.05) is 30.4 Å². The quantitative estimate of drug-likeness (QED) is 0.854. The van der Waals surface area contributed by atoms with Gasteiger partial charge in [-0.3, -0.25) is 19.4 Å². The predicted octanol–water partition coefficient (Wildman–Crippen LogP) is 1.19. The predicted molar refractivity (Wildman–Crippen MR) is 82.2 cm³/mol. The highest BCUT2D eigenvalue weighted by Gasteiger charge is 2.47. The van der Waals surface area contributed by atoms with Crippen molar-refractivity contribution in [2.24, 2.45) is 7.05 Å². The fourth-order valence-corrected chi connectivity index (χ4v) is 3.72. The van der Waals surface area contributed by atoms with Gasteiger partial charge in [-0.05, 0) is 18.1 Å². The van der Waals surface area contributed by atoms with Gasteiger partial charge in [-0.15, -0.1) is 0 Å². The Labute approximate surface area is 129 Å². The van der Waals surface area contributed by atoms with Gasteiger partial charge in [-0.2, -0.15) is 5.10 Å². The Kier molecular flexibility index (Phi) is 3.18. The second-order valence-electron chi connectivity index (χ2n) is 6.10. The van der Waals surface area contributed by atoms with Crippen molar-refractivity contribution < 1.29 is 4.79 Å². The number of rotatable bonds is 3. The molecular weight excluding hydrogens is 278 g/mol. The van der Waals surface area contributed by atoms with E-state index in [9.17, 15) is 4.79 Å². The summed E-state index contributed by atoms with van der Waals surface area (Å²) in [6.45, 7) is 1.89. The molecule has 2 aliphatic rings. The third-order valence-corrected chi connectivity index (χ3v) is 4.69. The fraction of sp³-hybridized carbons (Fsp3) is 0.438. The molecule has 4 heterocycles. The first kappa shape index (κ1) is 13.5. The fourth-order valence-electron chi connectivity index (χ4n) is 3.72.